The van der Waals surface area contributed by atoms with E-state index in [-0.39, 0.29) is 5.56 Å². The predicted octanol–water partition coefficient (Wildman–Crippen LogP) is 4.42. The highest BCUT2D eigenvalue weighted by atomic mass is 35.5. The minimum atomic E-state index is -0.698. The molecule has 0 aliphatic rings. The first kappa shape index (κ1) is 19.6. The van der Waals surface area contributed by atoms with Gasteiger partial charge in [-0.05, 0) is 36.2 Å². The largest absolute Gasteiger partial charge is 0.399 e. The molecule has 6 nitrogen and oxygen atoms in total. The molecule has 28 heavy (non-hydrogen) atoms. The van der Waals surface area contributed by atoms with Crippen molar-refractivity contribution < 1.29 is 14.0 Å². The van der Waals surface area contributed by atoms with Crippen LogP contribution >= 0.6 is 11.6 Å². The van der Waals surface area contributed by atoms with Gasteiger partial charge in [-0.1, -0.05) is 41.0 Å². The van der Waals surface area contributed by atoms with Crippen molar-refractivity contribution in [3.63, 3.8) is 0 Å². The van der Waals surface area contributed by atoms with Crippen LogP contribution in [0.1, 0.15) is 21.6 Å². The van der Waals surface area contributed by atoms with E-state index in [1.165, 1.54) is 14.2 Å². The van der Waals surface area contributed by atoms with Crippen molar-refractivity contribution >= 4 is 29.4 Å². The van der Waals surface area contributed by atoms with Crippen molar-refractivity contribution in [3.05, 3.63) is 70.3 Å². The Morgan fingerprint density at radius 2 is 2.11 bits per heavy atom. The molecule has 0 aliphatic carbocycles. The van der Waals surface area contributed by atoms with Crippen LogP contribution in [0.15, 0.2) is 47.6 Å². The van der Waals surface area contributed by atoms with Gasteiger partial charge in [0, 0.05) is 17.6 Å². The number of amides is 1. The lowest BCUT2D eigenvalue weighted by atomic mass is 10.0. The zero-order valence-corrected chi connectivity index (χ0v) is 16.3. The third kappa shape index (κ3) is 4.04. The molecule has 0 saturated carbocycles. The molecule has 1 N–H and O–H groups in total. The maximum absolute atomic E-state index is 14.2. The fraction of sp³-hybridized carbons (Fsp3) is 0.150. The zero-order chi connectivity index (χ0) is 20.3. The minimum absolute atomic E-state index is 0.102. The average molecular weight is 401 g/mol. The van der Waals surface area contributed by atoms with Crippen LogP contribution in [0, 0.1) is 12.9 Å². The van der Waals surface area contributed by atoms with Crippen molar-refractivity contribution in [3.8, 4) is 11.1 Å². The van der Waals surface area contributed by atoms with Gasteiger partial charge in [0.1, 0.15) is 12.7 Å². The molecule has 1 aromatic heterocycles. The summed E-state index contributed by atoms with van der Waals surface area (Å²) < 4.78 is 15.3. The first-order chi connectivity index (χ1) is 13.4. The van der Waals surface area contributed by atoms with Gasteiger partial charge >= 0.3 is 0 Å². The highest BCUT2D eigenvalue weighted by Crippen LogP contribution is 2.31. The topological polar surface area (TPSA) is 68.5 Å². The second-order valence-corrected chi connectivity index (χ2v) is 6.50. The van der Waals surface area contributed by atoms with Gasteiger partial charge in [-0.3, -0.25) is 4.79 Å². The lowest BCUT2D eigenvalue weighted by Crippen LogP contribution is -2.15. The van der Waals surface area contributed by atoms with E-state index in [9.17, 15) is 9.18 Å². The Labute approximate surface area is 166 Å². The predicted molar refractivity (Wildman–Crippen MR) is 107 cm³/mol. The van der Waals surface area contributed by atoms with Crippen molar-refractivity contribution in [2.24, 2.45) is 12.2 Å². The fourth-order valence-corrected chi connectivity index (χ4v) is 3.02. The summed E-state index contributed by atoms with van der Waals surface area (Å²) in [4.78, 5) is 17.4. The summed E-state index contributed by atoms with van der Waals surface area (Å²) in [6, 6.07) is 12.6. The standard InChI is InChI=1S/C20H18ClFN4O2/c1-12-18(19(22)26(2)25-12)20(27)24-17-10-15(21)7-8-16(17)14-6-4-5-13(9-14)11-23-28-3/h4-11H,1-3H3,(H,24,27). The summed E-state index contributed by atoms with van der Waals surface area (Å²) in [5, 5.41) is 10.9. The molecular weight excluding hydrogens is 383 g/mol. The number of aromatic nitrogens is 2. The number of rotatable bonds is 5. The molecule has 1 amide bonds. The molecule has 0 saturated heterocycles. The summed E-state index contributed by atoms with van der Waals surface area (Å²) >= 11 is 6.12. The summed E-state index contributed by atoms with van der Waals surface area (Å²) in [7, 11) is 2.91. The van der Waals surface area contributed by atoms with Crippen LogP contribution < -0.4 is 5.32 Å². The molecule has 2 aromatic carbocycles. The number of oxime groups is 1. The second kappa shape index (κ2) is 8.22. The number of nitrogens with zero attached hydrogens (tertiary/aromatic N) is 3. The Morgan fingerprint density at radius 1 is 1.32 bits per heavy atom. The third-order valence-electron chi connectivity index (χ3n) is 4.11. The number of hydrogen-bond donors (Lipinski definition) is 1. The lowest BCUT2D eigenvalue weighted by molar-refractivity contribution is 0.102. The van der Waals surface area contributed by atoms with Crippen LogP contribution in [0.25, 0.3) is 11.1 Å². The quantitative estimate of drug-likeness (QED) is 0.509. The molecule has 0 unspecified atom stereocenters. The van der Waals surface area contributed by atoms with Crippen molar-refractivity contribution in [1.29, 1.82) is 0 Å². The average Bonchev–Trinajstić information content (AvgIpc) is 2.92. The number of carbonyl (C=O) groups is 1. The van der Waals surface area contributed by atoms with Crippen LogP contribution in [-0.4, -0.2) is 29.0 Å². The van der Waals surface area contributed by atoms with Gasteiger partial charge < -0.3 is 10.2 Å². The van der Waals surface area contributed by atoms with Gasteiger partial charge in [0.05, 0.1) is 17.6 Å². The number of anilines is 1. The molecule has 144 valence electrons. The number of hydrogen-bond acceptors (Lipinski definition) is 4. The third-order valence-corrected chi connectivity index (χ3v) is 4.35. The minimum Gasteiger partial charge on any atom is -0.399 e. The molecule has 3 aromatic rings. The molecule has 0 radical (unpaired) electrons. The fourth-order valence-electron chi connectivity index (χ4n) is 2.84. The van der Waals surface area contributed by atoms with Gasteiger partial charge in [-0.15, -0.1) is 0 Å². The number of aryl methyl sites for hydroxylation is 2. The van der Waals surface area contributed by atoms with Gasteiger partial charge in [0.25, 0.3) is 5.91 Å². The molecule has 0 spiro atoms. The molecule has 8 heteroatoms. The highest BCUT2D eigenvalue weighted by Gasteiger charge is 2.21. The molecule has 0 aliphatic heterocycles. The molecule has 0 atom stereocenters. The van der Waals surface area contributed by atoms with Crippen molar-refractivity contribution in [2.45, 2.75) is 6.92 Å². The number of carbonyl (C=O) groups excluding carboxylic acids is 1. The number of halogens is 2. The second-order valence-electron chi connectivity index (χ2n) is 6.06. The number of nitrogens with one attached hydrogen (secondary N) is 1. The first-order valence-electron chi connectivity index (χ1n) is 8.37. The van der Waals surface area contributed by atoms with Crippen LogP contribution in [-0.2, 0) is 11.9 Å². The summed E-state index contributed by atoms with van der Waals surface area (Å²) in [6.07, 6.45) is 1.58. The molecule has 0 bridgehead atoms. The molecule has 0 fully saturated rings. The van der Waals surface area contributed by atoms with E-state index in [4.69, 9.17) is 16.4 Å². The summed E-state index contributed by atoms with van der Waals surface area (Å²) in [6.45, 7) is 1.58. The van der Waals surface area contributed by atoms with E-state index < -0.39 is 11.9 Å². The van der Waals surface area contributed by atoms with Gasteiger partial charge in [-0.2, -0.15) is 9.49 Å². The lowest BCUT2D eigenvalue weighted by Gasteiger charge is -2.12. The first-order valence-corrected chi connectivity index (χ1v) is 8.75. The Balaban J connectivity index is 2.00. The van der Waals surface area contributed by atoms with Crippen LogP contribution in [0.5, 0.6) is 0 Å². The zero-order valence-electron chi connectivity index (χ0n) is 15.5. The van der Waals surface area contributed by atoms with Gasteiger partial charge in [-0.25, -0.2) is 4.68 Å². The summed E-state index contributed by atoms with van der Waals surface area (Å²) in [5.74, 6) is -1.29. The smallest absolute Gasteiger partial charge is 0.262 e. The van der Waals surface area contributed by atoms with E-state index in [2.05, 4.69) is 15.6 Å². The Kier molecular flexibility index (Phi) is 5.75. The van der Waals surface area contributed by atoms with Gasteiger partial charge in [0.15, 0.2) is 0 Å². The van der Waals surface area contributed by atoms with E-state index in [1.54, 1.807) is 31.3 Å². The maximum Gasteiger partial charge on any atom is 0.262 e. The SMILES string of the molecule is CON=Cc1cccc(-c2ccc(Cl)cc2NC(=O)c2c(C)nn(C)c2F)c1. The maximum atomic E-state index is 14.2. The Bertz CT molecular complexity index is 1060. The molecular formula is C20H18ClFN4O2. The normalized spacial score (nSPS) is 11.0. The monoisotopic (exact) mass is 400 g/mol. The van der Waals surface area contributed by atoms with Crippen LogP contribution in [0.2, 0.25) is 5.02 Å². The van der Waals surface area contributed by atoms with Crippen molar-refractivity contribution in [1.82, 2.24) is 9.78 Å². The van der Waals surface area contributed by atoms with E-state index >= 15 is 0 Å². The van der Waals surface area contributed by atoms with E-state index in [0.717, 1.165) is 21.4 Å². The van der Waals surface area contributed by atoms with Crippen LogP contribution in [0.3, 0.4) is 0 Å². The molecule has 1 heterocycles. The molecule has 3 rings (SSSR count). The summed E-state index contributed by atoms with van der Waals surface area (Å²) in [5.41, 5.74) is 3.04. The Hall–Kier alpha value is -3.19. The van der Waals surface area contributed by atoms with Crippen LogP contribution in [0.4, 0.5) is 10.1 Å². The Morgan fingerprint density at radius 3 is 2.79 bits per heavy atom. The van der Waals surface area contributed by atoms with E-state index in [1.807, 2.05) is 24.3 Å². The number of benzene rings is 2. The van der Waals surface area contributed by atoms with E-state index in [0.29, 0.717) is 16.4 Å². The van der Waals surface area contributed by atoms with Gasteiger partial charge in [0.2, 0.25) is 5.95 Å². The van der Waals surface area contributed by atoms with Crippen molar-refractivity contribution in [2.75, 3.05) is 12.4 Å². The highest BCUT2D eigenvalue weighted by molar-refractivity contribution is 6.31.